The first-order valence-corrected chi connectivity index (χ1v) is 49.1. The van der Waals surface area contributed by atoms with Gasteiger partial charge in [0.15, 0.2) is 5.82 Å². The van der Waals surface area contributed by atoms with Crippen molar-refractivity contribution >= 4 is 21.5 Å². The lowest BCUT2D eigenvalue weighted by Crippen LogP contribution is -2.04. The van der Waals surface area contributed by atoms with E-state index < -0.39 is 0 Å². The highest BCUT2D eigenvalue weighted by atomic mass is 14.9. The lowest BCUT2D eigenvalue weighted by molar-refractivity contribution is 0.981. The van der Waals surface area contributed by atoms with Crippen LogP contribution in [0.2, 0.25) is 0 Å². The fourth-order valence-corrected chi connectivity index (χ4v) is 24.2. The SMILES string of the molecule is c1ccc(-c2cc(-c3ccccc3)nc(-c3ccc(C4c5ccccc5-c5cc6c(cc54)C(c4ccccc4)c4ccccc4-6)cc3)n2)cc1.c1ccc(-c2cc3ccccc3cc2-c2ccc(C3c4ccccc4-c4cc5c(cc43)C(c3ccccc3)c3ccccc3-5)cc2)cc1.c1ccc(-c2cc3ccccc3cc2C2c3ccccc3-c3cc4c(cc32)C(c2ccccc2)c2ccccc2-4)cc1. The highest BCUT2D eigenvalue weighted by Gasteiger charge is 2.42. The molecule has 6 unspecified atom stereocenters. The van der Waals surface area contributed by atoms with Gasteiger partial charge in [-0.1, -0.05) is 473 Å². The number of rotatable bonds is 12. The quantitative estimate of drug-likeness (QED) is 0.122. The molecular weight excluding hydrogens is 1690 g/mol. The van der Waals surface area contributed by atoms with Crippen molar-refractivity contribution in [3.05, 3.63) is 622 Å². The predicted molar refractivity (Wildman–Crippen MR) is 579 cm³/mol. The van der Waals surface area contributed by atoms with E-state index in [4.69, 9.17) is 9.97 Å². The molecule has 0 saturated carbocycles. The second-order valence-corrected chi connectivity index (χ2v) is 38.1. The second kappa shape index (κ2) is 34.4. The monoisotopic (exact) mass is 1780 g/mol. The van der Waals surface area contributed by atoms with Gasteiger partial charge in [0.05, 0.1) is 11.4 Å². The largest absolute Gasteiger partial charge is 0.228 e. The summed E-state index contributed by atoms with van der Waals surface area (Å²) < 4.78 is 0. The Hall–Kier alpha value is -17.6. The van der Waals surface area contributed by atoms with E-state index >= 15 is 0 Å². The van der Waals surface area contributed by atoms with E-state index in [1.807, 2.05) is 12.1 Å². The van der Waals surface area contributed by atoms with Crippen molar-refractivity contribution in [1.82, 2.24) is 9.97 Å². The van der Waals surface area contributed by atoms with Gasteiger partial charge in [-0.25, -0.2) is 9.97 Å². The van der Waals surface area contributed by atoms with Gasteiger partial charge in [-0.2, -0.15) is 0 Å². The summed E-state index contributed by atoms with van der Waals surface area (Å²) in [6.07, 6.45) is 0. The van der Waals surface area contributed by atoms with Crippen molar-refractivity contribution in [2.75, 3.05) is 0 Å². The van der Waals surface area contributed by atoms with Crippen LogP contribution in [-0.4, -0.2) is 9.97 Å². The normalized spacial score (nSPS) is 15.6. The molecular formula is C138H92N2. The van der Waals surface area contributed by atoms with Crippen LogP contribution in [0, 0.1) is 0 Å². The summed E-state index contributed by atoms with van der Waals surface area (Å²) in [6, 6.07) is 192. The van der Waals surface area contributed by atoms with Crippen molar-refractivity contribution in [2.24, 2.45) is 0 Å². The minimum atomic E-state index is 0.136. The molecule has 2 nitrogen and oxygen atoms in total. The molecule has 6 aliphatic carbocycles. The molecule has 6 aliphatic rings. The second-order valence-electron chi connectivity index (χ2n) is 38.1. The molecule has 0 bridgehead atoms. The molecule has 22 aromatic carbocycles. The number of nitrogens with zero attached hydrogens (tertiary/aromatic N) is 2. The van der Waals surface area contributed by atoms with Gasteiger partial charge in [0.25, 0.3) is 0 Å². The number of fused-ring (bicyclic) bond motifs is 20. The molecule has 23 aromatic rings. The number of hydrogen-bond donors (Lipinski definition) is 0. The van der Waals surface area contributed by atoms with Crippen LogP contribution in [0.4, 0.5) is 0 Å². The third-order valence-electron chi connectivity index (χ3n) is 30.5. The van der Waals surface area contributed by atoms with Gasteiger partial charge in [-0.05, 0) is 270 Å². The van der Waals surface area contributed by atoms with E-state index in [-0.39, 0.29) is 35.5 Å². The molecule has 2 heteroatoms. The summed E-state index contributed by atoms with van der Waals surface area (Å²) in [4.78, 5) is 10.2. The van der Waals surface area contributed by atoms with Gasteiger partial charge in [-0.15, -0.1) is 0 Å². The standard InChI is InChI=1S/C48H32N2.C48H32.C42H28/c1-4-14-31(15-5-1)44-30-45(32-16-6-2-7-17-32)50-48(49-44)35-26-24-34(25-27-35)47-39-23-13-11-21-37(39)41-28-40-36-20-10-12-22-38(36)46(42(40)29-43(41)47)33-18-8-3-9-19-33;1-3-13-31(14-4-1)41-27-35-17-7-8-18-36(35)28-42(41)32-23-25-34(26-24-32)48-40-22-12-10-20-38(40)44-29-43-37-19-9-11-21-39(37)47(45(43)30-46(44)48)33-15-5-2-6-16-33;1-3-13-27(14-4-1)35-23-29-17-7-8-18-30(29)24-38(35)42-34-22-12-10-20-32(34)37-25-36-31-19-9-11-21-33(31)41(39(36)26-40(37)42)28-15-5-2-6-16-28/h1-30,46-47H;1-30,47-48H;1-26,41-42H. The predicted octanol–water partition coefficient (Wildman–Crippen LogP) is 35.1. The molecule has 140 heavy (non-hydrogen) atoms. The molecule has 0 saturated heterocycles. The van der Waals surface area contributed by atoms with E-state index in [0.717, 1.165) is 33.9 Å². The first-order valence-electron chi connectivity index (χ1n) is 49.1. The average molecular weight is 1780 g/mol. The molecule has 0 radical (unpaired) electrons. The zero-order valence-corrected chi connectivity index (χ0v) is 77.0. The first-order chi connectivity index (χ1) is 69.5. The lowest BCUT2D eigenvalue weighted by Gasteiger charge is -2.22. The number of aromatic nitrogens is 2. The van der Waals surface area contributed by atoms with Crippen molar-refractivity contribution in [3.8, 4) is 134 Å². The molecule has 6 atom stereocenters. The minimum absolute atomic E-state index is 0.136. The Labute approximate surface area is 817 Å². The average Bonchev–Trinajstić information content (AvgIpc) is 1.55. The van der Waals surface area contributed by atoms with E-state index in [1.165, 1.54) is 222 Å². The highest BCUT2D eigenvalue weighted by Crippen LogP contribution is 2.61. The summed E-state index contributed by atoms with van der Waals surface area (Å²) in [5.74, 6) is 1.88. The van der Waals surface area contributed by atoms with E-state index in [9.17, 15) is 0 Å². The third kappa shape index (κ3) is 14.0. The van der Waals surface area contributed by atoms with Gasteiger partial charge in [0.2, 0.25) is 0 Å². The maximum Gasteiger partial charge on any atom is 0.160 e. The summed E-state index contributed by atoms with van der Waals surface area (Å²) >= 11 is 0. The van der Waals surface area contributed by atoms with Crippen molar-refractivity contribution in [2.45, 2.75) is 35.5 Å². The van der Waals surface area contributed by atoms with Crippen LogP contribution in [0.1, 0.15) is 136 Å². The Bertz CT molecular complexity index is 8720. The molecule has 0 N–H and O–H groups in total. The van der Waals surface area contributed by atoms with Gasteiger partial charge in [0.1, 0.15) is 0 Å². The van der Waals surface area contributed by atoms with Crippen molar-refractivity contribution in [3.63, 3.8) is 0 Å². The van der Waals surface area contributed by atoms with Crippen molar-refractivity contribution < 1.29 is 0 Å². The third-order valence-corrected chi connectivity index (χ3v) is 30.5. The highest BCUT2D eigenvalue weighted by molar-refractivity contribution is 6.00. The van der Waals surface area contributed by atoms with E-state index in [0.29, 0.717) is 0 Å². The van der Waals surface area contributed by atoms with Crippen LogP contribution < -0.4 is 0 Å². The fraction of sp³-hybridized carbons (Fsp3) is 0.0435. The Morgan fingerprint density at radius 3 is 0.643 bits per heavy atom. The topological polar surface area (TPSA) is 25.8 Å². The zero-order valence-electron chi connectivity index (χ0n) is 77.0. The molecule has 654 valence electrons. The molecule has 0 fully saturated rings. The maximum absolute atomic E-state index is 5.08. The van der Waals surface area contributed by atoms with Crippen molar-refractivity contribution in [1.29, 1.82) is 0 Å². The molecule has 0 aliphatic heterocycles. The summed E-state index contributed by atoms with van der Waals surface area (Å²) in [5, 5.41) is 5.09. The zero-order chi connectivity index (χ0) is 92.2. The minimum Gasteiger partial charge on any atom is -0.228 e. The summed E-state index contributed by atoms with van der Waals surface area (Å²) in [5.41, 5.74) is 53.6. The van der Waals surface area contributed by atoms with Crippen LogP contribution >= 0.6 is 0 Å². The molecule has 1 aromatic heterocycles. The smallest absolute Gasteiger partial charge is 0.160 e. The van der Waals surface area contributed by atoms with Gasteiger partial charge >= 0.3 is 0 Å². The lowest BCUT2D eigenvalue weighted by atomic mass is 9.81. The molecule has 29 rings (SSSR count). The van der Waals surface area contributed by atoms with Gasteiger partial charge < -0.3 is 0 Å². The number of hydrogen-bond acceptors (Lipinski definition) is 2. The van der Waals surface area contributed by atoms with E-state index in [2.05, 4.69) is 510 Å². The maximum atomic E-state index is 5.08. The molecule has 0 amide bonds. The Balaban J connectivity index is 0.000000106. The van der Waals surface area contributed by atoms with Crippen LogP contribution in [0.5, 0.6) is 0 Å². The van der Waals surface area contributed by atoms with Crippen LogP contribution in [-0.2, 0) is 0 Å². The van der Waals surface area contributed by atoms with Crippen LogP contribution in [0.15, 0.2) is 522 Å². The Morgan fingerprint density at radius 1 is 0.114 bits per heavy atom. The molecule has 0 spiro atoms. The van der Waals surface area contributed by atoms with Crippen LogP contribution in [0.25, 0.3) is 156 Å². The van der Waals surface area contributed by atoms with Gasteiger partial charge in [0, 0.05) is 52.2 Å². The fourth-order valence-electron chi connectivity index (χ4n) is 24.2. The first kappa shape index (κ1) is 81.9. The summed E-state index contributed by atoms with van der Waals surface area (Å²) in [7, 11) is 0. The van der Waals surface area contributed by atoms with E-state index in [1.54, 1.807) is 0 Å². The Morgan fingerprint density at radius 2 is 0.329 bits per heavy atom. The number of benzene rings is 22. The summed E-state index contributed by atoms with van der Waals surface area (Å²) in [6.45, 7) is 0. The van der Waals surface area contributed by atoms with Gasteiger partial charge in [-0.3, -0.25) is 0 Å². The Kier molecular flexibility index (Phi) is 20.1. The molecule has 1 heterocycles. The van der Waals surface area contributed by atoms with Crippen LogP contribution in [0.3, 0.4) is 0 Å².